The Morgan fingerprint density at radius 1 is 1.23 bits per heavy atom. The molecule has 0 aliphatic heterocycles. The predicted octanol–water partition coefficient (Wildman–Crippen LogP) is 0.926. The first-order valence-corrected chi connectivity index (χ1v) is 7.70. The van der Waals surface area contributed by atoms with Gasteiger partial charge < -0.3 is 16.0 Å². The standard InChI is InChI=1S/C15H18F3N7O/c1-3-19-15(20-6-11-22-8-23-25(11)2)21-7-12(26)24-10-5-4-9(16)13(17)14(10)18/h4-5,8H,3,6-7H2,1-2H3,(H,24,26)(H2,19,20,21). The second kappa shape index (κ2) is 8.83. The second-order valence-electron chi connectivity index (χ2n) is 5.12. The molecule has 0 saturated heterocycles. The van der Waals surface area contributed by atoms with Gasteiger partial charge in [0.15, 0.2) is 23.4 Å². The van der Waals surface area contributed by atoms with Crippen molar-refractivity contribution in [2.24, 2.45) is 12.0 Å². The number of carbonyl (C=O) groups excluding carboxylic acids is 1. The number of nitrogens with one attached hydrogen (secondary N) is 3. The molecule has 0 aliphatic rings. The molecule has 8 nitrogen and oxygen atoms in total. The number of halogens is 3. The third-order valence-electron chi connectivity index (χ3n) is 3.25. The van der Waals surface area contributed by atoms with Crippen LogP contribution in [0.1, 0.15) is 12.7 Å². The van der Waals surface area contributed by atoms with E-state index in [1.807, 2.05) is 6.92 Å². The number of hydrogen-bond acceptors (Lipinski definition) is 4. The minimum atomic E-state index is -1.64. The summed E-state index contributed by atoms with van der Waals surface area (Å²) in [7, 11) is 1.72. The van der Waals surface area contributed by atoms with Crippen LogP contribution in [0.4, 0.5) is 18.9 Å². The van der Waals surface area contributed by atoms with Crippen LogP contribution in [0.25, 0.3) is 0 Å². The Balaban J connectivity index is 1.95. The Bertz CT molecular complexity index is 807. The average Bonchev–Trinajstić information content (AvgIpc) is 3.03. The molecule has 0 atom stereocenters. The molecule has 2 aromatic rings. The quantitative estimate of drug-likeness (QED) is 0.400. The van der Waals surface area contributed by atoms with Crippen molar-refractivity contribution in [3.63, 3.8) is 0 Å². The van der Waals surface area contributed by atoms with Gasteiger partial charge in [0.2, 0.25) is 5.91 Å². The van der Waals surface area contributed by atoms with E-state index in [2.05, 4.69) is 31.0 Å². The number of nitrogens with zero attached hydrogens (tertiary/aromatic N) is 4. The summed E-state index contributed by atoms with van der Waals surface area (Å²) in [6, 6.07) is 1.67. The highest BCUT2D eigenvalue weighted by atomic mass is 19.2. The van der Waals surface area contributed by atoms with Crippen LogP contribution >= 0.6 is 0 Å². The molecule has 0 saturated carbocycles. The van der Waals surface area contributed by atoms with Crippen LogP contribution in [-0.2, 0) is 18.4 Å². The summed E-state index contributed by atoms with van der Waals surface area (Å²) < 4.78 is 41.2. The lowest BCUT2D eigenvalue weighted by Gasteiger charge is -2.12. The summed E-state index contributed by atoms with van der Waals surface area (Å²) in [5, 5.41) is 11.8. The van der Waals surface area contributed by atoms with E-state index in [-0.39, 0.29) is 13.1 Å². The van der Waals surface area contributed by atoms with Crippen molar-refractivity contribution in [3.05, 3.63) is 41.7 Å². The van der Waals surface area contributed by atoms with Crippen molar-refractivity contribution in [2.45, 2.75) is 13.5 Å². The van der Waals surface area contributed by atoms with E-state index in [4.69, 9.17) is 0 Å². The van der Waals surface area contributed by atoms with Gasteiger partial charge in [-0.25, -0.2) is 23.1 Å². The van der Waals surface area contributed by atoms with Crippen molar-refractivity contribution in [1.29, 1.82) is 0 Å². The van der Waals surface area contributed by atoms with Crippen LogP contribution in [0.3, 0.4) is 0 Å². The molecule has 3 N–H and O–H groups in total. The molecule has 0 aliphatic carbocycles. The fourth-order valence-corrected chi connectivity index (χ4v) is 1.94. The molecule has 0 bridgehead atoms. The number of hydrogen-bond donors (Lipinski definition) is 3. The molecular weight excluding hydrogens is 351 g/mol. The lowest BCUT2D eigenvalue weighted by Crippen LogP contribution is -2.41. The van der Waals surface area contributed by atoms with Crippen molar-refractivity contribution in [1.82, 2.24) is 25.4 Å². The molecule has 0 fully saturated rings. The fourth-order valence-electron chi connectivity index (χ4n) is 1.94. The molecule has 140 valence electrons. The first-order chi connectivity index (χ1) is 12.4. The smallest absolute Gasteiger partial charge is 0.243 e. The van der Waals surface area contributed by atoms with Crippen LogP contribution in [-0.4, -0.2) is 39.7 Å². The van der Waals surface area contributed by atoms with Crippen LogP contribution in [0.5, 0.6) is 0 Å². The maximum Gasteiger partial charge on any atom is 0.243 e. The first-order valence-electron chi connectivity index (χ1n) is 7.70. The molecule has 1 heterocycles. The topological polar surface area (TPSA) is 96.2 Å². The second-order valence-corrected chi connectivity index (χ2v) is 5.12. The third-order valence-corrected chi connectivity index (χ3v) is 3.25. The fraction of sp³-hybridized carbons (Fsp3) is 0.333. The van der Waals surface area contributed by atoms with Gasteiger partial charge in [0.25, 0.3) is 0 Å². The Morgan fingerprint density at radius 2 is 2.00 bits per heavy atom. The number of benzene rings is 1. The molecule has 2 rings (SSSR count). The van der Waals surface area contributed by atoms with Crippen LogP contribution in [0.2, 0.25) is 0 Å². The monoisotopic (exact) mass is 369 g/mol. The number of anilines is 1. The van der Waals surface area contributed by atoms with Crippen LogP contribution < -0.4 is 16.0 Å². The third kappa shape index (κ3) is 4.94. The van der Waals surface area contributed by atoms with E-state index < -0.39 is 29.0 Å². The molecular formula is C15H18F3N7O. The maximum absolute atomic E-state index is 13.6. The molecule has 1 amide bonds. The summed E-state index contributed by atoms with van der Waals surface area (Å²) >= 11 is 0. The number of aliphatic imine (C=N–C) groups is 1. The zero-order chi connectivity index (χ0) is 19.1. The Kier molecular flexibility index (Phi) is 6.53. The van der Waals surface area contributed by atoms with Gasteiger partial charge in [-0.3, -0.25) is 9.48 Å². The first kappa shape index (κ1) is 19.2. The molecule has 11 heteroatoms. The molecule has 26 heavy (non-hydrogen) atoms. The van der Waals surface area contributed by atoms with Gasteiger partial charge in [-0.05, 0) is 19.1 Å². The van der Waals surface area contributed by atoms with Gasteiger partial charge >= 0.3 is 0 Å². The Hall–Kier alpha value is -3.11. The summed E-state index contributed by atoms with van der Waals surface area (Å²) in [5.74, 6) is -4.13. The highest BCUT2D eigenvalue weighted by Gasteiger charge is 2.15. The highest BCUT2D eigenvalue weighted by molar-refractivity contribution is 5.95. The van der Waals surface area contributed by atoms with E-state index in [9.17, 15) is 18.0 Å². The average molecular weight is 369 g/mol. The van der Waals surface area contributed by atoms with Gasteiger partial charge in [-0.15, -0.1) is 0 Å². The minimum Gasteiger partial charge on any atom is -0.357 e. The van der Waals surface area contributed by atoms with Crippen molar-refractivity contribution < 1.29 is 18.0 Å². The van der Waals surface area contributed by atoms with Gasteiger partial charge in [0.1, 0.15) is 18.7 Å². The highest BCUT2D eigenvalue weighted by Crippen LogP contribution is 2.19. The maximum atomic E-state index is 13.6. The molecule has 1 aromatic carbocycles. The number of aromatic nitrogens is 3. The number of rotatable bonds is 6. The molecule has 1 aromatic heterocycles. The van der Waals surface area contributed by atoms with Crippen molar-refractivity contribution in [3.8, 4) is 0 Å². The summed E-state index contributed by atoms with van der Waals surface area (Å²) in [5.41, 5.74) is -0.447. The number of carbonyl (C=O) groups is 1. The van der Waals surface area contributed by atoms with E-state index in [0.29, 0.717) is 18.3 Å². The van der Waals surface area contributed by atoms with Gasteiger partial charge in [0, 0.05) is 13.6 Å². The van der Waals surface area contributed by atoms with Crippen LogP contribution in [0, 0.1) is 17.5 Å². The zero-order valence-electron chi connectivity index (χ0n) is 14.2. The zero-order valence-corrected chi connectivity index (χ0v) is 14.2. The van der Waals surface area contributed by atoms with E-state index in [1.165, 1.54) is 6.33 Å². The summed E-state index contributed by atoms with van der Waals surface area (Å²) in [6.45, 7) is 2.36. The van der Waals surface area contributed by atoms with Crippen molar-refractivity contribution >= 4 is 17.6 Å². The van der Waals surface area contributed by atoms with Crippen molar-refractivity contribution in [2.75, 3.05) is 18.4 Å². The number of aryl methyl sites for hydroxylation is 1. The molecule has 0 unspecified atom stereocenters. The lowest BCUT2D eigenvalue weighted by atomic mass is 10.2. The van der Waals surface area contributed by atoms with Crippen LogP contribution in [0.15, 0.2) is 23.5 Å². The summed E-state index contributed by atoms with van der Waals surface area (Å²) in [6.07, 6.45) is 1.40. The minimum absolute atomic E-state index is 0.227. The van der Waals surface area contributed by atoms with Gasteiger partial charge in [-0.2, -0.15) is 5.10 Å². The Morgan fingerprint density at radius 3 is 2.65 bits per heavy atom. The molecule has 0 spiro atoms. The Labute approximate surface area is 147 Å². The lowest BCUT2D eigenvalue weighted by molar-refractivity contribution is -0.115. The van der Waals surface area contributed by atoms with Gasteiger partial charge in [0.05, 0.1) is 12.2 Å². The largest absolute Gasteiger partial charge is 0.357 e. The van der Waals surface area contributed by atoms with E-state index >= 15 is 0 Å². The molecule has 0 radical (unpaired) electrons. The SMILES string of the molecule is CCNC(=NCc1ncnn1C)NCC(=O)Nc1ccc(F)c(F)c1F. The van der Waals surface area contributed by atoms with E-state index in [1.54, 1.807) is 11.7 Å². The van der Waals surface area contributed by atoms with Gasteiger partial charge in [-0.1, -0.05) is 0 Å². The summed E-state index contributed by atoms with van der Waals surface area (Å²) in [4.78, 5) is 20.2. The predicted molar refractivity (Wildman–Crippen MR) is 88.8 cm³/mol. The number of amides is 1. The van der Waals surface area contributed by atoms with E-state index in [0.717, 1.165) is 12.1 Å². The normalized spacial score (nSPS) is 11.3. The number of guanidine groups is 1.